The zero-order chi connectivity index (χ0) is 54.6. The van der Waals surface area contributed by atoms with Crippen molar-refractivity contribution in [1.82, 2.24) is 0 Å². The molecule has 0 spiro atoms. The Balaban J connectivity index is 1.80. The second-order valence-electron chi connectivity index (χ2n) is 16.5. The molecule has 4 aliphatic rings. The summed E-state index contributed by atoms with van der Waals surface area (Å²) in [6.07, 6.45) is -30.6. The molecule has 0 radical (unpaired) electrons. The van der Waals surface area contributed by atoms with Crippen LogP contribution in [0.4, 0.5) is 0 Å². The zero-order valence-corrected chi connectivity index (χ0v) is 42.8. The van der Waals surface area contributed by atoms with Crippen molar-refractivity contribution in [2.24, 2.45) is 29.6 Å². The van der Waals surface area contributed by atoms with Crippen LogP contribution < -0.4 is 0 Å². The van der Waals surface area contributed by atoms with Gasteiger partial charge >= 0.3 is 69.3 Å². The van der Waals surface area contributed by atoms with Crippen LogP contribution in [0.5, 0.6) is 0 Å². The van der Waals surface area contributed by atoms with E-state index in [0.29, 0.717) is 0 Å². The smallest absolute Gasteiger partial charge is 0.397 e. The predicted molar refractivity (Wildman–Crippen MR) is 222 cm³/mol. The Hall–Kier alpha value is -1.51. The number of ether oxygens (including phenoxy) is 8. The number of aliphatic carboxylic acids is 1. The first kappa shape index (κ1) is 63.0. The van der Waals surface area contributed by atoms with Gasteiger partial charge in [0.1, 0.15) is 43.4 Å². The summed E-state index contributed by atoms with van der Waals surface area (Å²) < 4.78 is 263. The molecule has 0 aromatic heterocycles. The van der Waals surface area contributed by atoms with Crippen molar-refractivity contribution >= 4 is 69.3 Å². The van der Waals surface area contributed by atoms with Crippen LogP contribution in [0.15, 0.2) is 0 Å². The lowest BCUT2D eigenvalue weighted by Gasteiger charge is -2.49. The maximum Gasteiger partial charge on any atom is 0.397 e. The third-order valence-electron chi connectivity index (χ3n) is 11.9. The third kappa shape index (κ3) is 18.6. The molecule has 4 aliphatic heterocycles. The number of carboxylic acid groups (broad SMARTS) is 1. The SMILES string of the molecule is CC1C(C)[C@H](C)C(C(=O)O)O[C@@H]1O[C@H]1C(COS(=O)(=O)O)O[C@@H](OC(C)[C@@H]2CC(OCO)O[C@H](O[C@@H]3C(COS(=O)(=O)O)O[C@H](C)C(OS(=O)(=O)O)C3OS(=O)(=O)O)C2C)C(OS(=O)(=O)O)[C@H]1OOS(=O)O. The normalized spacial score (nSPS) is 38.5. The van der Waals surface area contributed by atoms with E-state index >= 15 is 0 Å². The summed E-state index contributed by atoms with van der Waals surface area (Å²) in [6.45, 7) is 4.51. The van der Waals surface area contributed by atoms with Crippen LogP contribution in [0.3, 0.4) is 0 Å². The average Bonchev–Trinajstić information content (AvgIpc) is 3.21. The highest BCUT2D eigenvalue weighted by Gasteiger charge is 2.57. The van der Waals surface area contributed by atoms with E-state index in [4.69, 9.17) is 47.0 Å². The first-order valence-electron chi connectivity index (χ1n) is 20.6. The van der Waals surface area contributed by atoms with E-state index < -0.39 is 218 Å². The van der Waals surface area contributed by atoms with Gasteiger partial charge < -0.3 is 48.1 Å². The summed E-state index contributed by atoms with van der Waals surface area (Å²) in [6, 6.07) is 0. The van der Waals surface area contributed by atoms with E-state index in [1.165, 1.54) is 20.8 Å². The molecule has 4 saturated heterocycles. The molecule has 41 heteroatoms. The van der Waals surface area contributed by atoms with Gasteiger partial charge in [0.15, 0.2) is 43.5 Å². The van der Waals surface area contributed by atoms with E-state index in [-0.39, 0.29) is 0 Å². The second kappa shape index (κ2) is 25.3. The van der Waals surface area contributed by atoms with Gasteiger partial charge in [-0.15, -0.1) is 4.33 Å². The first-order valence-corrected chi connectivity index (χ1v) is 28.4. The van der Waals surface area contributed by atoms with Crippen LogP contribution in [0.25, 0.3) is 0 Å². The Bertz CT molecular complexity index is 2410. The molecule has 35 nitrogen and oxygen atoms in total. The summed E-state index contributed by atoms with van der Waals surface area (Å²) in [5.41, 5.74) is 0. The fourth-order valence-corrected chi connectivity index (χ4v) is 10.6. The number of aliphatic hydroxyl groups excluding tert-OH is 1. The number of hydrogen-bond acceptors (Lipinski definition) is 28. The summed E-state index contributed by atoms with van der Waals surface area (Å²) in [5, 5.41) is 19.6. The topological polar surface area (TPSA) is 505 Å². The number of rotatable bonds is 25. The third-order valence-corrected chi connectivity index (χ3v) is 14.3. The fraction of sp³-hybridized carbons (Fsp3) is 0.968. The van der Waals surface area contributed by atoms with Crippen molar-refractivity contribution in [2.75, 3.05) is 20.0 Å². The van der Waals surface area contributed by atoms with Crippen LogP contribution in [-0.2, 0) is 136 Å². The van der Waals surface area contributed by atoms with Crippen LogP contribution >= 0.6 is 0 Å². The monoisotopic (exact) mass is 1180 g/mol. The van der Waals surface area contributed by atoms with Gasteiger partial charge in [-0.1, -0.05) is 27.7 Å². The molecule has 0 aliphatic carbocycles. The van der Waals surface area contributed by atoms with E-state index in [0.717, 1.165) is 6.92 Å². The van der Waals surface area contributed by atoms with Crippen LogP contribution in [0.1, 0.15) is 48.0 Å². The number of aliphatic hydroxyl groups is 1. The minimum absolute atomic E-state index is 0.391. The average molecular weight is 1180 g/mol. The molecule has 0 aromatic carbocycles. The highest BCUT2D eigenvalue weighted by Crippen LogP contribution is 2.42. The first-order chi connectivity index (χ1) is 32.9. The molecule has 8 N–H and O–H groups in total. The van der Waals surface area contributed by atoms with Crippen molar-refractivity contribution in [2.45, 2.75) is 140 Å². The summed E-state index contributed by atoms with van der Waals surface area (Å²) in [4.78, 5) is 17.2. The molecule has 4 heterocycles. The van der Waals surface area contributed by atoms with Gasteiger partial charge in [0.25, 0.3) is 0 Å². The highest BCUT2D eigenvalue weighted by atomic mass is 32.3. The summed E-state index contributed by atoms with van der Waals surface area (Å²) in [7, 11) is -27.7. The summed E-state index contributed by atoms with van der Waals surface area (Å²) in [5.74, 6) is -5.88. The molecule has 0 amide bonds. The molecule has 72 heavy (non-hydrogen) atoms. The molecule has 12 unspecified atom stereocenters. The standard InChI is InChI=1S/C31H54O35S6/c1-11-12(2)21(28(33)34)59-29(13(11)3)60-23-19(9-54-69(40,41)42)57-31(27(65-72(49,50)51)25(23)62-66-67(35)36)56-15(5)17-7-20(52-10-32)58-30(14(17)4)61-24-18(8-53-68(37,38)39)55-16(6)22(63-70(43,44)45)26(24)64-71(46,47)48/h11-27,29-32H,7-10H2,1-6H3,(H,33,34)(H,35,36)(H,37,38,39)(H,40,41,42)(H,43,44,45)(H,46,47,48)(H,49,50,51)/t11?,12-,13?,14?,15?,16+,17+,18?,19?,20?,21?,22?,23-,24+,25-,26?,27?,29+,30+,31+/m0/s1. The van der Waals surface area contributed by atoms with Gasteiger partial charge in [0.2, 0.25) is 0 Å². The van der Waals surface area contributed by atoms with Gasteiger partial charge in [-0.2, -0.15) is 46.3 Å². The Morgan fingerprint density at radius 2 is 1.10 bits per heavy atom. The number of carbonyl (C=O) groups is 1. The molecular weight excluding hydrogens is 1120 g/mol. The van der Waals surface area contributed by atoms with E-state index in [1.807, 2.05) is 0 Å². The quantitative estimate of drug-likeness (QED) is 0.0152. The van der Waals surface area contributed by atoms with Gasteiger partial charge in [0.05, 0.1) is 25.4 Å². The van der Waals surface area contributed by atoms with Gasteiger partial charge in [0, 0.05) is 18.3 Å². The molecule has 0 saturated carbocycles. The Morgan fingerprint density at radius 1 is 0.611 bits per heavy atom. The Kier molecular flexibility index (Phi) is 22.2. The van der Waals surface area contributed by atoms with E-state index in [2.05, 4.69) is 21.1 Å². The van der Waals surface area contributed by atoms with Gasteiger partial charge in [-0.05, 0) is 31.6 Å². The highest BCUT2D eigenvalue weighted by molar-refractivity contribution is 7.81. The van der Waals surface area contributed by atoms with Crippen LogP contribution in [0.2, 0.25) is 0 Å². The number of carboxylic acids is 1. The van der Waals surface area contributed by atoms with Crippen molar-refractivity contribution in [3.05, 3.63) is 0 Å². The zero-order valence-electron chi connectivity index (χ0n) is 37.9. The van der Waals surface area contributed by atoms with E-state index in [9.17, 15) is 88.6 Å². The number of hydrogen-bond donors (Lipinski definition) is 8. The minimum Gasteiger partial charge on any atom is -0.479 e. The maximum atomic E-state index is 12.5. The van der Waals surface area contributed by atoms with Crippen molar-refractivity contribution in [1.29, 1.82) is 0 Å². The predicted octanol–water partition coefficient (Wildman–Crippen LogP) is -2.66. The summed E-state index contributed by atoms with van der Waals surface area (Å²) >= 11 is -3.39. The van der Waals surface area contributed by atoms with Crippen molar-refractivity contribution in [3.63, 3.8) is 0 Å². The molecule has 21 atom stereocenters. The van der Waals surface area contributed by atoms with E-state index in [1.54, 1.807) is 13.8 Å². The fourth-order valence-electron chi connectivity index (χ4n) is 8.33. The Morgan fingerprint density at radius 3 is 1.58 bits per heavy atom. The van der Waals surface area contributed by atoms with Crippen LogP contribution in [0, 0.1) is 29.6 Å². The van der Waals surface area contributed by atoms with Crippen LogP contribution in [-0.4, -0.2) is 202 Å². The van der Waals surface area contributed by atoms with Crippen molar-refractivity contribution < 1.29 is 157 Å². The molecule has 4 rings (SSSR count). The van der Waals surface area contributed by atoms with Crippen molar-refractivity contribution in [3.8, 4) is 0 Å². The molecule has 4 fully saturated rings. The lowest BCUT2D eigenvalue weighted by molar-refractivity contribution is -0.390. The molecular formula is C31H54O35S6. The lowest BCUT2D eigenvalue weighted by atomic mass is 9.79. The minimum atomic E-state index is -5.72. The second-order valence-corrected chi connectivity index (χ2v) is 22.4. The molecule has 424 valence electrons. The van der Waals surface area contributed by atoms with Gasteiger partial charge in [-0.25, -0.2) is 30.6 Å². The molecule has 0 bridgehead atoms. The van der Waals surface area contributed by atoms with Gasteiger partial charge in [-0.3, -0.25) is 27.3 Å². The molecule has 0 aromatic rings. The lowest BCUT2D eigenvalue weighted by Crippen LogP contribution is -2.64. The Labute approximate surface area is 414 Å². The largest absolute Gasteiger partial charge is 0.479 e. The maximum absolute atomic E-state index is 12.5.